The summed E-state index contributed by atoms with van der Waals surface area (Å²) in [5, 5.41) is 10.3. The lowest BCUT2D eigenvalue weighted by Crippen LogP contribution is -2.37. The second-order valence-corrected chi connectivity index (χ2v) is 4.99. The standard InChI is InChI=1S/C15H17NO3/c1-10-15(18)14(16-9-5-4-8-13(16)17)11-6-2-3-7-12(11)19-10/h2-3,6-7,10,18H,4-5,8-9H2,1H3. The average molecular weight is 259 g/mol. The minimum absolute atomic E-state index is 0.0803. The van der Waals surface area contributed by atoms with E-state index in [1.54, 1.807) is 11.8 Å². The van der Waals surface area contributed by atoms with Gasteiger partial charge >= 0.3 is 0 Å². The van der Waals surface area contributed by atoms with Crippen molar-refractivity contribution in [3.63, 3.8) is 0 Å². The van der Waals surface area contributed by atoms with Gasteiger partial charge in [-0.05, 0) is 31.9 Å². The molecule has 100 valence electrons. The first-order chi connectivity index (χ1) is 9.18. The number of aliphatic hydroxyl groups is 1. The van der Waals surface area contributed by atoms with Gasteiger partial charge < -0.3 is 14.7 Å². The lowest BCUT2D eigenvalue weighted by atomic mass is 10.0. The first-order valence-corrected chi connectivity index (χ1v) is 6.68. The Bertz CT molecular complexity index is 550. The molecule has 1 fully saturated rings. The van der Waals surface area contributed by atoms with Crippen LogP contribution >= 0.6 is 0 Å². The van der Waals surface area contributed by atoms with Gasteiger partial charge in [-0.1, -0.05) is 12.1 Å². The topological polar surface area (TPSA) is 49.8 Å². The Labute approximate surface area is 112 Å². The number of piperidine rings is 1. The summed E-state index contributed by atoms with van der Waals surface area (Å²) >= 11 is 0. The van der Waals surface area contributed by atoms with E-state index < -0.39 is 6.10 Å². The molecule has 1 unspecified atom stereocenters. The van der Waals surface area contributed by atoms with Crippen LogP contribution in [0.1, 0.15) is 31.7 Å². The maximum absolute atomic E-state index is 12.1. The van der Waals surface area contributed by atoms with E-state index in [1.165, 1.54) is 0 Å². The second-order valence-electron chi connectivity index (χ2n) is 4.99. The first-order valence-electron chi connectivity index (χ1n) is 6.68. The largest absolute Gasteiger partial charge is 0.506 e. The third kappa shape index (κ3) is 1.97. The molecule has 2 aliphatic rings. The molecule has 2 heterocycles. The van der Waals surface area contributed by atoms with Crippen LogP contribution in [0.4, 0.5) is 0 Å². The van der Waals surface area contributed by atoms with Crippen LogP contribution in [-0.2, 0) is 4.79 Å². The van der Waals surface area contributed by atoms with Gasteiger partial charge in [-0.15, -0.1) is 0 Å². The zero-order chi connectivity index (χ0) is 13.4. The fourth-order valence-electron chi connectivity index (χ4n) is 2.67. The molecule has 0 spiro atoms. The van der Waals surface area contributed by atoms with Crippen LogP contribution in [-0.4, -0.2) is 28.6 Å². The Morgan fingerprint density at radius 2 is 2.11 bits per heavy atom. The van der Waals surface area contributed by atoms with Gasteiger partial charge in [0.05, 0.1) is 5.70 Å². The number of amides is 1. The van der Waals surface area contributed by atoms with E-state index in [1.807, 2.05) is 24.3 Å². The number of ether oxygens (including phenoxy) is 1. The van der Waals surface area contributed by atoms with E-state index in [4.69, 9.17) is 4.74 Å². The van der Waals surface area contributed by atoms with Gasteiger partial charge in [0.15, 0.2) is 11.9 Å². The molecule has 0 aromatic heterocycles. The predicted molar refractivity (Wildman–Crippen MR) is 71.6 cm³/mol. The highest BCUT2D eigenvalue weighted by Crippen LogP contribution is 2.38. The summed E-state index contributed by atoms with van der Waals surface area (Å²) in [6, 6.07) is 7.53. The summed E-state index contributed by atoms with van der Waals surface area (Å²) in [7, 11) is 0. The maximum atomic E-state index is 12.1. The van der Waals surface area contributed by atoms with Crippen LogP contribution in [0.3, 0.4) is 0 Å². The fraction of sp³-hybridized carbons (Fsp3) is 0.400. The lowest BCUT2D eigenvalue weighted by Gasteiger charge is -2.34. The molecule has 1 amide bonds. The number of likely N-dealkylation sites (tertiary alicyclic amines) is 1. The van der Waals surface area contributed by atoms with E-state index in [9.17, 15) is 9.90 Å². The van der Waals surface area contributed by atoms with Crippen LogP contribution in [0.2, 0.25) is 0 Å². The van der Waals surface area contributed by atoms with Crippen LogP contribution in [0.5, 0.6) is 5.75 Å². The molecule has 4 heteroatoms. The molecular weight excluding hydrogens is 242 g/mol. The molecule has 3 rings (SSSR count). The molecule has 4 nitrogen and oxygen atoms in total. The Morgan fingerprint density at radius 1 is 1.32 bits per heavy atom. The molecule has 0 radical (unpaired) electrons. The van der Waals surface area contributed by atoms with Crippen LogP contribution in [0.25, 0.3) is 5.70 Å². The number of para-hydroxylation sites is 1. The summed E-state index contributed by atoms with van der Waals surface area (Å²) in [6.45, 7) is 2.46. The van der Waals surface area contributed by atoms with E-state index in [-0.39, 0.29) is 11.7 Å². The Balaban J connectivity index is 2.10. The summed E-state index contributed by atoms with van der Waals surface area (Å²) in [5.74, 6) is 0.951. The third-order valence-electron chi connectivity index (χ3n) is 3.67. The SMILES string of the molecule is CC1Oc2ccccc2C(N2CCCCC2=O)=C1O. The third-order valence-corrected chi connectivity index (χ3v) is 3.67. The Morgan fingerprint density at radius 3 is 2.89 bits per heavy atom. The summed E-state index contributed by atoms with van der Waals surface area (Å²) in [4.78, 5) is 13.8. The fourth-order valence-corrected chi connectivity index (χ4v) is 2.67. The molecule has 1 atom stereocenters. The van der Waals surface area contributed by atoms with Gasteiger partial charge in [0.25, 0.3) is 0 Å². The van der Waals surface area contributed by atoms with E-state index in [2.05, 4.69) is 0 Å². The van der Waals surface area contributed by atoms with Crippen molar-refractivity contribution in [2.24, 2.45) is 0 Å². The van der Waals surface area contributed by atoms with Crippen LogP contribution in [0, 0.1) is 0 Å². The zero-order valence-electron chi connectivity index (χ0n) is 10.9. The summed E-state index contributed by atoms with van der Waals surface area (Å²) in [6.07, 6.45) is 2.03. The minimum atomic E-state index is -0.417. The quantitative estimate of drug-likeness (QED) is 0.843. The molecule has 2 aliphatic heterocycles. The van der Waals surface area contributed by atoms with Crippen LogP contribution < -0.4 is 4.74 Å². The van der Waals surface area contributed by atoms with Crippen LogP contribution in [0.15, 0.2) is 30.0 Å². The van der Waals surface area contributed by atoms with Crippen molar-refractivity contribution in [2.75, 3.05) is 6.54 Å². The zero-order valence-corrected chi connectivity index (χ0v) is 10.9. The Kier molecular flexibility index (Phi) is 2.93. The first kappa shape index (κ1) is 12.1. The van der Waals surface area contributed by atoms with Gasteiger partial charge in [-0.3, -0.25) is 4.79 Å². The van der Waals surface area contributed by atoms with E-state index in [0.29, 0.717) is 18.7 Å². The number of hydrogen-bond acceptors (Lipinski definition) is 3. The lowest BCUT2D eigenvalue weighted by molar-refractivity contribution is -0.129. The van der Waals surface area contributed by atoms with Crippen molar-refractivity contribution in [3.8, 4) is 5.75 Å². The van der Waals surface area contributed by atoms with Gasteiger partial charge in [0.1, 0.15) is 5.75 Å². The number of rotatable bonds is 1. The maximum Gasteiger partial charge on any atom is 0.227 e. The monoisotopic (exact) mass is 259 g/mol. The van der Waals surface area contributed by atoms with Crippen molar-refractivity contribution in [1.82, 2.24) is 4.90 Å². The minimum Gasteiger partial charge on any atom is -0.506 e. The summed E-state index contributed by atoms with van der Waals surface area (Å²) in [5.41, 5.74) is 1.42. The molecule has 1 aromatic rings. The van der Waals surface area contributed by atoms with Gasteiger partial charge in [-0.2, -0.15) is 0 Å². The number of carbonyl (C=O) groups excluding carboxylic acids is 1. The highest BCUT2D eigenvalue weighted by atomic mass is 16.5. The number of benzene rings is 1. The Hall–Kier alpha value is -1.97. The second kappa shape index (κ2) is 4.61. The molecule has 1 N–H and O–H groups in total. The highest BCUT2D eigenvalue weighted by Gasteiger charge is 2.32. The number of nitrogens with zero attached hydrogens (tertiary/aromatic N) is 1. The van der Waals surface area contributed by atoms with Crippen molar-refractivity contribution in [2.45, 2.75) is 32.3 Å². The van der Waals surface area contributed by atoms with Gasteiger partial charge in [-0.25, -0.2) is 0 Å². The van der Waals surface area contributed by atoms with E-state index >= 15 is 0 Å². The normalized spacial score (nSPS) is 23.1. The molecule has 1 saturated heterocycles. The van der Waals surface area contributed by atoms with Crippen molar-refractivity contribution in [1.29, 1.82) is 0 Å². The van der Waals surface area contributed by atoms with E-state index in [0.717, 1.165) is 24.2 Å². The highest BCUT2D eigenvalue weighted by molar-refractivity contribution is 5.89. The van der Waals surface area contributed by atoms with Crippen molar-refractivity contribution < 1.29 is 14.6 Å². The molecule has 0 bridgehead atoms. The number of hydrogen-bond donors (Lipinski definition) is 1. The summed E-state index contributed by atoms with van der Waals surface area (Å²) < 4.78 is 5.65. The molecular formula is C15H17NO3. The van der Waals surface area contributed by atoms with Crippen molar-refractivity contribution >= 4 is 11.6 Å². The smallest absolute Gasteiger partial charge is 0.227 e. The van der Waals surface area contributed by atoms with Gasteiger partial charge in [0, 0.05) is 18.5 Å². The number of carbonyl (C=O) groups is 1. The predicted octanol–water partition coefficient (Wildman–Crippen LogP) is 2.71. The average Bonchev–Trinajstić information content (AvgIpc) is 2.42. The number of fused-ring (bicyclic) bond motifs is 1. The van der Waals surface area contributed by atoms with Gasteiger partial charge in [0.2, 0.25) is 5.91 Å². The molecule has 0 aliphatic carbocycles. The molecule has 0 saturated carbocycles. The number of aliphatic hydroxyl groups excluding tert-OH is 1. The molecule has 1 aromatic carbocycles. The van der Waals surface area contributed by atoms with Crippen molar-refractivity contribution in [3.05, 3.63) is 35.6 Å². The molecule has 19 heavy (non-hydrogen) atoms.